The maximum atomic E-state index is 10.9. The van der Waals surface area contributed by atoms with E-state index in [1.165, 1.54) is 19.1 Å². The number of nitrogens with two attached hydrogens (primary N) is 1. The molecule has 1 unspecified atom stereocenters. The van der Waals surface area contributed by atoms with Crippen molar-refractivity contribution in [2.75, 3.05) is 0 Å². The fourth-order valence-corrected chi connectivity index (χ4v) is 1.30. The van der Waals surface area contributed by atoms with Crippen molar-refractivity contribution in [1.82, 2.24) is 0 Å². The number of hydrogen-bond acceptors (Lipinski definition) is 4. The zero-order valence-electron chi connectivity index (χ0n) is 7.30. The normalized spacial score (nSPS) is 13.9. The van der Waals surface area contributed by atoms with E-state index in [1.54, 1.807) is 0 Å². The second-order valence-corrected chi connectivity index (χ2v) is 4.62. The smallest absolute Gasteiger partial charge is 0.371 e. The molecule has 0 aliphatic rings. The van der Waals surface area contributed by atoms with Gasteiger partial charge in [0.15, 0.2) is 0 Å². The summed E-state index contributed by atoms with van der Waals surface area (Å²) in [6.45, 7) is 1.32. The molecule has 0 spiro atoms. The summed E-state index contributed by atoms with van der Waals surface area (Å²) in [6.07, 6.45) is 0. The molecular formula is C7H9NO5S. The minimum atomic E-state index is -3.75. The first-order valence-corrected chi connectivity index (χ1v) is 5.28. The van der Waals surface area contributed by atoms with Crippen molar-refractivity contribution >= 4 is 16.0 Å². The standard InChI is InChI=1S/C7H9NO5S/c1-4(14(8,11)12)5-2-3-6(13-5)7(9)10/h2-4H,1H3,(H,9,10)(H2,8,11,12). The second kappa shape index (κ2) is 3.43. The Balaban J connectivity index is 3.04. The van der Waals surface area contributed by atoms with Gasteiger partial charge in [-0.1, -0.05) is 0 Å². The first kappa shape index (κ1) is 10.7. The third kappa shape index (κ3) is 2.12. The van der Waals surface area contributed by atoms with Crippen molar-refractivity contribution in [3.63, 3.8) is 0 Å². The predicted molar refractivity (Wildman–Crippen MR) is 47.2 cm³/mol. The lowest BCUT2D eigenvalue weighted by Crippen LogP contribution is -2.18. The molecule has 1 aromatic rings. The van der Waals surface area contributed by atoms with Gasteiger partial charge in [0.25, 0.3) is 0 Å². The van der Waals surface area contributed by atoms with Gasteiger partial charge >= 0.3 is 5.97 Å². The van der Waals surface area contributed by atoms with Gasteiger partial charge in [-0.3, -0.25) is 0 Å². The van der Waals surface area contributed by atoms with Gasteiger partial charge < -0.3 is 9.52 Å². The number of carbonyl (C=O) groups is 1. The summed E-state index contributed by atoms with van der Waals surface area (Å²) in [4.78, 5) is 10.4. The molecule has 1 rings (SSSR count). The van der Waals surface area contributed by atoms with E-state index in [1.807, 2.05) is 0 Å². The van der Waals surface area contributed by atoms with Crippen LogP contribution in [0.4, 0.5) is 0 Å². The Morgan fingerprint density at radius 2 is 2.14 bits per heavy atom. The largest absolute Gasteiger partial charge is 0.475 e. The molecule has 3 N–H and O–H groups in total. The zero-order chi connectivity index (χ0) is 10.9. The summed E-state index contributed by atoms with van der Waals surface area (Å²) in [7, 11) is -3.75. The van der Waals surface area contributed by atoms with Crippen molar-refractivity contribution in [2.45, 2.75) is 12.2 Å². The molecule has 0 aliphatic heterocycles. The van der Waals surface area contributed by atoms with Crippen LogP contribution in [0.25, 0.3) is 0 Å². The summed E-state index contributed by atoms with van der Waals surface area (Å²) in [5.41, 5.74) is 0. The first-order valence-electron chi connectivity index (χ1n) is 3.67. The number of furan rings is 1. The van der Waals surface area contributed by atoms with Crippen LogP contribution in [0.1, 0.15) is 28.5 Å². The predicted octanol–water partition coefficient (Wildman–Crippen LogP) is 0.327. The van der Waals surface area contributed by atoms with Crippen LogP contribution in [-0.4, -0.2) is 19.5 Å². The van der Waals surface area contributed by atoms with Crippen LogP contribution in [0.5, 0.6) is 0 Å². The maximum Gasteiger partial charge on any atom is 0.371 e. The molecule has 14 heavy (non-hydrogen) atoms. The van der Waals surface area contributed by atoms with Crippen molar-refractivity contribution in [2.24, 2.45) is 5.14 Å². The van der Waals surface area contributed by atoms with Crippen molar-refractivity contribution < 1.29 is 22.7 Å². The zero-order valence-corrected chi connectivity index (χ0v) is 8.11. The molecule has 0 fully saturated rings. The second-order valence-electron chi connectivity index (χ2n) is 2.74. The Morgan fingerprint density at radius 1 is 1.57 bits per heavy atom. The quantitative estimate of drug-likeness (QED) is 0.760. The molecule has 0 aliphatic carbocycles. The highest BCUT2D eigenvalue weighted by Gasteiger charge is 2.22. The Labute approximate surface area is 80.4 Å². The first-order chi connectivity index (χ1) is 6.32. The van der Waals surface area contributed by atoms with Crippen LogP contribution < -0.4 is 5.14 Å². The van der Waals surface area contributed by atoms with Gasteiger partial charge in [-0.2, -0.15) is 0 Å². The Bertz CT molecular complexity index is 446. The van der Waals surface area contributed by atoms with Gasteiger partial charge in [-0.15, -0.1) is 0 Å². The van der Waals surface area contributed by atoms with Crippen molar-refractivity contribution in [3.8, 4) is 0 Å². The summed E-state index contributed by atoms with van der Waals surface area (Å²) in [5, 5.41) is 12.3. The third-order valence-corrected chi connectivity index (χ3v) is 2.95. The van der Waals surface area contributed by atoms with Gasteiger partial charge in [0.1, 0.15) is 11.0 Å². The number of primary sulfonamides is 1. The molecule has 0 amide bonds. The number of sulfonamides is 1. The third-order valence-electron chi connectivity index (χ3n) is 1.73. The molecule has 0 saturated heterocycles. The summed E-state index contributed by atoms with van der Waals surface area (Å²) in [6, 6.07) is 2.46. The molecular weight excluding hydrogens is 210 g/mol. The van der Waals surface area contributed by atoms with Crippen LogP contribution in [0.2, 0.25) is 0 Å². The van der Waals surface area contributed by atoms with Gasteiger partial charge in [-0.25, -0.2) is 18.4 Å². The SMILES string of the molecule is CC(c1ccc(C(=O)O)o1)S(N)(=O)=O. The van der Waals surface area contributed by atoms with Crippen LogP contribution in [0, 0.1) is 0 Å². The van der Waals surface area contributed by atoms with Gasteiger partial charge in [0, 0.05) is 0 Å². The molecule has 6 nitrogen and oxygen atoms in total. The highest BCUT2D eigenvalue weighted by atomic mass is 32.2. The van der Waals surface area contributed by atoms with E-state index in [9.17, 15) is 13.2 Å². The minimum absolute atomic E-state index is 0.0184. The molecule has 1 heterocycles. The van der Waals surface area contributed by atoms with E-state index in [4.69, 9.17) is 14.7 Å². The topological polar surface area (TPSA) is 111 Å². The maximum absolute atomic E-state index is 10.9. The van der Waals surface area contributed by atoms with E-state index < -0.39 is 21.2 Å². The molecule has 1 aromatic heterocycles. The van der Waals surface area contributed by atoms with Gasteiger partial charge in [0.2, 0.25) is 15.8 Å². The van der Waals surface area contributed by atoms with E-state index in [2.05, 4.69) is 0 Å². The highest BCUT2D eigenvalue weighted by molar-refractivity contribution is 7.89. The van der Waals surface area contributed by atoms with Crippen molar-refractivity contribution in [3.05, 3.63) is 23.7 Å². The van der Waals surface area contributed by atoms with Gasteiger partial charge in [0.05, 0.1) is 0 Å². The van der Waals surface area contributed by atoms with Crippen LogP contribution >= 0.6 is 0 Å². The fraction of sp³-hybridized carbons (Fsp3) is 0.286. The average molecular weight is 219 g/mol. The van der Waals surface area contributed by atoms with Crippen LogP contribution in [-0.2, 0) is 10.0 Å². The molecule has 0 aromatic carbocycles. The number of carboxylic acids is 1. The Kier molecular flexibility index (Phi) is 2.63. The lowest BCUT2D eigenvalue weighted by atomic mass is 10.3. The summed E-state index contributed by atoms with van der Waals surface area (Å²) < 4.78 is 26.5. The monoisotopic (exact) mass is 219 g/mol. The molecule has 0 bridgehead atoms. The lowest BCUT2D eigenvalue weighted by molar-refractivity contribution is 0.0660. The summed E-state index contributed by atoms with van der Waals surface area (Å²) in [5.74, 6) is -1.54. The number of aromatic carboxylic acids is 1. The van der Waals surface area contributed by atoms with E-state index in [-0.39, 0.29) is 11.5 Å². The van der Waals surface area contributed by atoms with E-state index in [0.29, 0.717) is 0 Å². The fourth-order valence-electron chi connectivity index (χ4n) is 0.848. The molecule has 1 atom stereocenters. The average Bonchev–Trinajstić information content (AvgIpc) is 2.48. The van der Waals surface area contributed by atoms with E-state index >= 15 is 0 Å². The molecule has 78 valence electrons. The summed E-state index contributed by atoms with van der Waals surface area (Å²) >= 11 is 0. The van der Waals surface area contributed by atoms with Crippen LogP contribution in [0.15, 0.2) is 16.5 Å². The number of rotatable bonds is 3. The Hall–Kier alpha value is -1.34. The lowest BCUT2D eigenvalue weighted by Gasteiger charge is -2.03. The number of carboxylic acid groups (broad SMARTS) is 1. The molecule has 0 radical (unpaired) electrons. The van der Waals surface area contributed by atoms with E-state index in [0.717, 1.165) is 0 Å². The van der Waals surface area contributed by atoms with Crippen LogP contribution in [0.3, 0.4) is 0 Å². The number of hydrogen-bond donors (Lipinski definition) is 2. The highest BCUT2D eigenvalue weighted by Crippen LogP contribution is 2.21. The Morgan fingerprint density at radius 3 is 2.50 bits per heavy atom. The molecule has 0 saturated carbocycles. The van der Waals surface area contributed by atoms with Crippen molar-refractivity contribution in [1.29, 1.82) is 0 Å². The minimum Gasteiger partial charge on any atom is -0.475 e. The molecule has 7 heteroatoms. The van der Waals surface area contributed by atoms with Gasteiger partial charge in [-0.05, 0) is 19.1 Å².